The van der Waals surface area contributed by atoms with Gasteiger partial charge >= 0.3 is 0 Å². The molecule has 1 aromatic heterocycles. The number of hydrogen-bond acceptors (Lipinski definition) is 2. The highest BCUT2D eigenvalue weighted by Crippen LogP contribution is 2.30. The molecule has 0 saturated carbocycles. The second kappa shape index (κ2) is 9.39. The lowest BCUT2D eigenvalue weighted by molar-refractivity contribution is 0.0936. The average molecular weight is 415 g/mol. The van der Waals surface area contributed by atoms with Gasteiger partial charge in [-0.25, -0.2) is 4.98 Å². The van der Waals surface area contributed by atoms with Gasteiger partial charge in [-0.3, -0.25) is 9.36 Å². The average Bonchev–Trinajstić information content (AvgIpc) is 3.36. The van der Waals surface area contributed by atoms with Crippen molar-refractivity contribution in [2.45, 2.75) is 25.8 Å². The molecular weight excluding hydrogens is 389 g/mol. The van der Waals surface area contributed by atoms with Crippen molar-refractivity contribution in [3.05, 3.63) is 103 Å². The first-order chi connectivity index (χ1) is 15.5. The Hall–Kier alpha value is -3.73. The second-order valence-electron chi connectivity index (χ2n) is 7.38. The van der Waals surface area contributed by atoms with Crippen molar-refractivity contribution < 1.29 is 10.6 Å². The van der Waals surface area contributed by atoms with E-state index in [1.54, 1.807) is 24.4 Å². The molecule has 5 heteroatoms. The van der Waals surface area contributed by atoms with Gasteiger partial charge in [-0.05, 0) is 47.4 Å². The van der Waals surface area contributed by atoms with Crippen LogP contribution in [0.25, 0.3) is 22.3 Å². The maximum Gasteiger partial charge on any atom is 0.251 e. The molecule has 4 nitrogen and oxygen atoms in total. The van der Waals surface area contributed by atoms with Crippen LogP contribution in [0.5, 0.6) is 0 Å². The summed E-state index contributed by atoms with van der Waals surface area (Å²) in [5.74, 6) is -0.689. The third-order valence-corrected chi connectivity index (χ3v) is 5.33. The third kappa shape index (κ3) is 4.72. The van der Waals surface area contributed by atoms with Crippen LogP contribution < -0.4 is 5.32 Å². The summed E-state index contributed by atoms with van der Waals surface area (Å²) < 4.78 is 24.7. The van der Waals surface area contributed by atoms with Crippen molar-refractivity contribution in [2.75, 3.05) is 0 Å². The van der Waals surface area contributed by atoms with Crippen LogP contribution in [-0.4, -0.2) is 21.5 Å². The van der Waals surface area contributed by atoms with E-state index in [0.29, 0.717) is 24.0 Å². The third-order valence-electron chi connectivity index (χ3n) is 5.33. The summed E-state index contributed by atoms with van der Waals surface area (Å²) in [5.41, 5.74) is 1.67. The fourth-order valence-corrected chi connectivity index (χ4v) is 3.58. The number of nitrogens with zero attached hydrogens (tertiary/aromatic N) is 2. The van der Waals surface area contributed by atoms with Crippen molar-refractivity contribution >= 4 is 28.2 Å². The Bertz CT molecular complexity index is 1270. The Labute approximate surface area is 182 Å². The summed E-state index contributed by atoms with van der Waals surface area (Å²) in [7, 11) is 0. The van der Waals surface area contributed by atoms with E-state index in [9.17, 15) is 4.79 Å². The number of fused-ring (bicyclic) bond motifs is 1. The summed E-state index contributed by atoms with van der Waals surface area (Å²) in [6, 6.07) is 20.3. The Morgan fingerprint density at radius 3 is 2.65 bits per heavy atom. The SMILES string of the molecule is [2H]c1cccc(C(=O)NC(CC)C/C(=C(\F)n2ccnc2)c2ccc3ccccc3c2)c1. The van der Waals surface area contributed by atoms with Crippen LogP contribution in [0.4, 0.5) is 4.39 Å². The summed E-state index contributed by atoms with van der Waals surface area (Å²) in [6.07, 6.45) is 5.46. The standard InChI is InChI=1S/C26H24FN3O/c1-2-23(29-26(31)20-9-4-3-5-10-20)17-24(25(27)30-15-14-28-18-30)22-13-12-19-8-6-7-11-21(19)16-22/h3-16,18,23H,2,17H2,1H3,(H,29,31)/b25-24-/i4D. The molecule has 0 spiro atoms. The van der Waals surface area contributed by atoms with E-state index < -0.39 is 5.95 Å². The maximum absolute atomic E-state index is 15.6. The lowest BCUT2D eigenvalue weighted by Gasteiger charge is -2.20. The van der Waals surface area contributed by atoms with E-state index in [1.165, 1.54) is 23.2 Å². The maximum atomic E-state index is 15.6. The van der Waals surface area contributed by atoms with Crippen LogP contribution in [0.2, 0.25) is 0 Å². The second-order valence-corrected chi connectivity index (χ2v) is 7.38. The van der Waals surface area contributed by atoms with Gasteiger partial charge in [0.1, 0.15) is 6.33 Å². The molecule has 31 heavy (non-hydrogen) atoms. The molecule has 3 aromatic carbocycles. The molecule has 1 atom stereocenters. The molecule has 4 rings (SSSR count). The van der Waals surface area contributed by atoms with Gasteiger partial charge in [0.25, 0.3) is 5.91 Å². The number of carbonyl (C=O) groups excluding carboxylic acids is 1. The highest BCUT2D eigenvalue weighted by molar-refractivity contribution is 5.95. The molecule has 0 radical (unpaired) electrons. The minimum absolute atomic E-state index is 0.271. The van der Waals surface area contributed by atoms with Crippen LogP contribution in [0, 0.1) is 0 Å². The lowest BCUT2D eigenvalue weighted by Crippen LogP contribution is -2.34. The number of imidazole rings is 1. The molecule has 0 bridgehead atoms. The van der Waals surface area contributed by atoms with Crippen molar-refractivity contribution in [1.29, 1.82) is 0 Å². The van der Waals surface area contributed by atoms with Gasteiger partial charge in [0.05, 0.1) is 1.37 Å². The van der Waals surface area contributed by atoms with Gasteiger partial charge in [0.2, 0.25) is 5.95 Å². The molecule has 0 saturated heterocycles. The Morgan fingerprint density at radius 1 is 1.10 bits per heavy atom. The van der Waals surface area contributed by atoms with Crippen molar-refractivity contribution in [2.24, 2.45) is 0 Å². The summed E-state index contributed by atoms with van der Waals surface area (Å²) in [5, 5.41) is 5.10. The zero-order valence-corrected chi connectivity index (χ0v) is 17.3. The number of rotatable bonds is 7. The van der Waals surface area contributed by atoms with E-state index in [2.05, 4.69) is 10.3 Å². The van der Waals surface area contributed by atoms with Gasteiger partial charge in [-0.2, -0.15) is 4.39 Å². The number of carbonyl (C=O) groups is 1. The van der Waals surface area contributed by atoms with E-state index in [1.807, 2.05) is 49.4 Å². The van der Waals surface area contributed by atoms with Gasteiger partial charge < -0.3 is 5.32 Å². The highest BCUT2D eigenvalue weighted by atomic mass is 19.1. The first-order valence-electron chi connectivity index (χ1n) is 10.8. The largest absolute Gasteiger partial charge is 0.349 e. The summed E-state index contributed by atoms with van der Waals surface area (Å²) in [4.78, 5) is 16.7. The van der Waals surface area contributed by atoms with Gasteiger partial charge in [0, 0.05) is 29.6 Å². The number of aromatic nitrogens is 2. The molecule has 4 aromatic rings. The van der Waals surface area contributed by atoms with Crippen LogP contribution in [0.3, 0.4) is 0 Å². The van der Waals surface area contributed by atoms with Gasteiger partial charge in [0.15, 0.2) is 0 Å². The quantitative estimate of drug-likeness (QED) is 0.407. The number of nitrogens with one attached hydrogen (secondary N) is 1. The van der Waals surface area contributed by atoms with Gasteiger partial charge in [-0.15, -0.1) is 0 Å². The number of halogens is 1. The number of benzene rings is 3. The normalized spacial score (nSPS) is 13.4. The number of amides is 1. The van der Waals surface area contributed by atoms with E-state index in [-0.39, 0.29) is 18.0 Å². The Kier molecular flexibility index (Phi) is 5.83. The molecule has 0 aliphatic heterocycles. The topological polar surface area (TPSA) is 46.9 Å². The predicted molar refractivity (Wildman–Crippen MR) is 123 cm³/mol. The first kappa shape index (κ1) is 19.2. The summed E-state index contributed by atoms with van der Waals surface area (Å²) >= 11 is 0. The van der Waals surface area contributed by atoms with Crippen LogP contribution in [-0.2, 0) is 0 Å². The van der Waals surface area contributed by atoms with Crippen molar-refractivity contribution in [3.63, 3.8) is 0 Å². The van der Waals surface area contributed by atoms with Gasteiger partial charge in [-0.1, -0.05) is 61.5 Å². The van der Waals surface area contributed by atoms with Crippen LogP contribution in [0.15, 0.2) is 91.5 Å². The Balaban J connectivity index is 1.68. The van der Waals surface area contributed by atoms with Crippen LogP contribution >= 0.6 is 0 Å². The molecule has 1 unspecified atom stereocenters. The molecule has 1 heterocycles. The fourth-order valence-electron chi connectivity index (χ4n) is 3.58. The Morgan fingerprint density at radius 2 is 1.90 bits per heavy atom. The van der Waals surface area contributed by atoms with Crippen LogP contribution in [0.1, 0.15) is 37.1 Å². The highest BCUT2D eigenvalue weighted by Gasteiger charge is 2.19. The van der Waals surface area contributed by atoms with Crippen molar-refractivity contribution in [1.82, 2.24) is 14.9 Å². The molecule has 0 aliphatic rings. The molecule has 156 valence electrons. The monoisotopic (exact) mass is 414 g/mol. The minimum atomic E-state index is -0.418. The number of hydrogen-bond donors (Lipinski definition) is 1. The summed E-state index contributed by atoms with van der Waals surface area (Å²) in [6.45, 7) is 1.96. The molecule has 1 amide bonds. The van der Waals surface area contributed by atoms with E-state index >= 15 is 4.39 Å². The lowest BCUT2D eigenvalue weighted by atomic mass is 9.95. The molecular formula is C26H24FN3O. The first-order valence-corrected chi connectivity index (χ1v) is 10.3. The molecule has 1 N–H and O–H groups in total. The predicted octanol–water partition coefficient (Wildman–Crippen LogP) is 5.93. The minimum Gasteiger partial charge on any atom is -0.349 e. The zero-order chi connectivity index (χ0) is 22.5. The molecule has 0 aliphatic carbocycles. The van der Waals surface area contributed by atoms with E-state index in [4.69, 9.17) is 1.37 Å². The smallest absolute Gasteiger partial charge is 0.251 e. The zero-order valence-electron chi connectivity index (χ0n) is 18.3. The van der Waals surface area contributed by atoms with Crippen molar-refractivity contribution in [3.8, 4) is 0 Å². The van der Waals surface area contributed by atoms with E-state index in [0.717, 1.165) is 16.3 Å². The fraction of sp³-hybridized carbons (Fsp3) is 0.154. The molecule has 0 fully saturated rings.